The molecule has 0 atom stereocenters. The summed E-state index contributed by atoms with van der Waals surface area (Å²) in [5.74, 6) is 2.16. The van der Waals surface area contributed by atoms with Crippen LogP contribution in [0.3, 0.4) is 0 Å². The van der Waals surface area contributed by atoms with Gasteiger partial charge in [0, 0.05) is 34.6 Å². The van der Waals surface area contributed by atoms with Crippen molar-refractivity contribution in [1.82, 2.24) is 15.0 Å². The second-order valence-corrected chi connectivity index (χ2v) is 9.43. The third kappa shape index (κ3) is 3.97. The standard InChI is InChI=1S/C23H19BrFN5S/c24-16-3-1-2-14(10-16)17-12-19(29-23-21(17)22(26)27-13-28-23)15-4-5-20(18(25)11-15)30-6-8-31-9-7-30/h1-5,10-13H,6-9H2,(H2,26,27,28,29). The van der Waals surface area contributed by atoms with Crippen molar-refractivity contribution < 1.29 is 4.39 Å². The predicted octanol–water partition coefficient (Wildman–Crippen LogP) is 5.40. The van der Waals surface area contributed by atoms with Crippen molar-refractivity contribution in [3.05, 3.63) is 65.1 Å². The van der Waals surface area contributed by atoms with Crippen LogP contribution in [0.2, 0.25) is 0 Å². The molecule has 3 heterocycles. The second-order valence-electron chi connectivity index (χ2n) is 7.29. The normalized spacial score (nSPS) is 14.2. The number of aromatic nitrogens is 3. The highest BCUT2D eigenvalue weighted by Gasteiger charge is 2.18. The van der Waals surface area contributed by atoms with Gasteiger partial charge < -0.3 is 10.6 Å². The monoisotopic (exact) mass is 495 g/mol. The fourth-order valence-corrected chi connectivity index (χ4v) is 5.15. The lowest BCUT2D eigenvalue weighted by molar-refractivity contribution is 0.620. The van der Waals surface area contributed by atoms with E-state index in [-0.39, 0.29) is 5.82 Å². The number of thioether (sulfide) groups is 1. The fraction of sp³-hybridized carbons (Fsp3) is 0.174. The molecule has 1 aliphatic rings. The van der Waals surface area contributed by atoms with Gasteiger partial charge in [-0.1, -0.05) is 34.1 Å². The van der Waals surface area contributed by atoms with Gasteiger partial charge in [0.05, 0.1) is 16.8 Å². The summed E-state index contributed by atoms with van der Waals surface area (Å²) in [5.41, 5.74) is 10.4. The molecule has 2 N–H and O–H groups in total. The molecular weight excluding hydrogens is 477 g/mol. The van der Waals surface area contributed by atoms with Gasteiger partial charge in [-0.15, -0.1) is 0 Å². The molecule has 1 fully saturated rings. The Hall–Kier alpha value is -2.71. The number of benzene rings is 2. The van der Waals surface area contributed by atoms with Crippen molar-refractivity contribution in [3.8, 4) is 22.4 Å². The zero-order chi connectivity index (χ0) is 21.4. The number of nitrogens with two attached hydrogens (primary N) is 1. The van der Waals surface area contributed by atoms with E-state index in [1.807, 2.05) is 54.2 Å². The van der Waals surface area contributed by atoms with Crippen molar-refractivity contribution in [1.29, 1.82) is 0 Å². The molecule has 8 heteroatoms. The Labute approximate surface area is 192 Å². The number of nitrogens with zero attached hydrogens (tertiary/aromatic N) is 4. The zero-order valence-corrected chi connectivity index (χ0v) is 19.0. The average Bonchev–Trinajstić information content (AvgIpc) is 2.79. The van der Waals surface area contributed by atoms with E-state index in [4.69, 9.17) is 5.73 Å². The molecule has 0 bridgehead atoms. The van der Waals surface area contributed by atoms with Crippen LogP contribution in [0.15, 0.2) is 59.3 Å². The van der Waals surface area contributed by atoms with E-state index in [1.54, 1.807) is 6.07 Å². The molecule has 0 aliphatic carbocycles. The van der Waals surface area contributed by atoms with E-state index in [0.717, 1.165) is 40.2 Å². The first kappa shape index (κ1) is 20.2. The van der Waals surface area contributed by atoms with E-state index >= 15 is 4.39 Å². The lowest BCUT2D eigenvalue weighted by Crippen LogP contribution is -2.33. The minimum Gasteiger partial charge on any atom is -0.383 e. The minimum absolute atomic E-state index is 0.238. The van der Waals surface area contributed by atoms with Gasteiger partial charge in [0.2, 0.25) is 0 Å². The molecule has 2 aromatic carbocycles. The SMILES string of the molecule is Nc1ncnc2nc(-c3ccc(N4CCSCC4)c(F)c3)cc(-c3cccc(Br)c3)c12. The van der Waals surface area contributed by atoms with Crippen LogP contribution < -0.4 is 10.6 Å². The van der Waals surface area contributed by atoms with Gasteiger partial charge in [-0.25, -0.2) is 19.3 Å². The van der Waals surface area contributed by atoms with Gasteiger partial charge in [-0.3, -0.25) is 0 Å². The van der Waals surface area contributed by atoms with Crippen LogP contribution >= 0.6 is 27.7 Å². The van der Waals surface area contributed by atoms with Gasteiger partial charge in [0.15, 0.2) is 5.65 Å². The number of hydrogen-bond acceptors (Lipinski definition) is 6. The van der Waals surface area contributed by atoms with E-state index in [9.17, 15) is 0 Å². The molecule has 2 aromatic heterocycles. The topological polar surface area (TPSA) is 67.9 Å². The van der Waals surface area contributed by atoms with Gasteiger partial charge in [-0.2, -0.15) is 11.8 Å². The quantitative estimate of drug-likeness (QED) is 0.410. The highest BCUT2D eigenvalue weighted by molar-refractivity contribution is 9.10. The minimum atomic E-state index is -0.238. The Bertz CT molecular complexity index is 1280. The van der Waals surface area contributed by atoms with E-state index in [2.05, 4.69) is 35.8 Å². The van der Waals surface area contributed by atoms with Crippen molar-refractivity contribution in [2.24, 2.45) is 0 Å². The summed E-state index contributed by atoms with van der Waals surface area (Å²) in [5, 5.41) is 0.687. The van der Waals surface area contributed by atoms with Crippen LogP contribution in [-0.2, 0) is 0 Å². The molecule has 1 saturated heterocycles. The van der Waals surface area contributed by atoms with Gasteiger partial charge in [0.1, 0.15) is 18.0 Å². The van der Waals surface area contributed by atoms with Crippen LogP contribution in [0, 0.1) is 5.82 Å². The summed E-state index contributed by atoms with van der Waals surface area (Å²) in [4.78, 5) is 15.2. The summed E-state index contributed by atoms with van der Waals surface area (Å²) >= 11 is 5.43. The number of rotatable bonds is 3. The summed E-state index contributed by atoms with van der Waals surface area (Å²) in [6.07, 6.45) is 1.40. The Morgan fingerprint density at radius 2 is 1.84 bits per heavy atom. The zero-order valence-electron chi connectivity index (χ0n) is 16.6. The summed E-state index contributed by atoms with van der Waals surface area (Å²) in [6, 6.07) is 15.2. The molecular formula is C23H19BrFN5S. The second kappa shape index (κ2) is 8.43. The molecule has 5 nitrogen and oxygen atoms in total. The number of anilines is 2. The predicted molar refractivity (Wildman–Crippen MR) is 130 cm³/mol. The van der Waals surface area contributed by atoms with E-state index in [0.29, 0.717) is 33.8 Å². The molecule has 0 amide bonds. The maximum Gasteiger partial charge on any atom is 0.165 e. The number of halogens is 2. The summed E-state index contributed by atoms with van der Waals surface area (Å²) in [7, 11) is 0. The number of pyridine rings is 1. The Kier molecular flexibility index (Phi) is 5.50. The maximum atomic E-state index is 15.0. The summed E-state index contributed by atoms with van der Waals surface area (Å²) < 4.78 is 16.0. The number of hydrogen-bond donors (Lipinski definition) is 1. The van der Waals surface area contributed by atoms with Gasteiger partial charge in [-0.05, 0) is 41.5 Å². The van der Waals surface area contributed by atoms with Crippen molar-refractivity contribution >= 4 is 50.2 Å². The molecule has 1 aliphatic heterocycles. The highest BCUT2D eigenvalue weighted by Crippen LogP contribution is 2.35. The molecule has 0 unspecified atom stereocenters. The maximum absolute atomic E-state index is 15.0. The van der Waals surface area contributed by atoms with E-state index < -0.39 is 0 Å². The Morgan fingerprint density at radius 1 is 1.00 bits per heavy atom. The largest absolute Gasteiger partial charge is 0.383 e. The first-order valence-electron chi connectivity index (χ1n) is 9.90. The van der Waals surface area contributed by atoms with Crippen molar-refractivity contribution in [2.45, 2.75) is 0 Å². The van der Waals surface area contributed by atoms with Gasteiger partial charge >= 0.3 is 0 Å². The van der Waals surface area contributed by atoms with Gasteiger partial charge in [0.25, 0.3) is 0 Å². The smallest absolute Gasteiger partial charge is 0.165 e. The number of fused-ring (bicyclic) bond motifs is 1. The average molecular weight is 496 g/mol. The molecule has 5 rings (SSSR count). The van der Waals surface area contributed by atoms with Crippen LogP contribution in [0.1, 0.15) is 0 Å². The lowest BCUT2D eigenvalue weighted by atomic mass is 9.99. The van der Waals surface area contributed by atoms with Crippen LogP contribution in [0.4, 0.5) is 15.9 Å². The first-order valence-corrected chi connectivity index (χ1v) is 11.8. The molecule has 0 radical (unpaired) electrons. The number of nitrogen functional groups attached to an aromatic ring is 1. The van der Waals surface area contributed by atoms with Crippen molar-refractivity contribution in [2.75, 3.05) is 35.2 Å². The fourth-order valence-electron chi connectivity index (χ4n) is 3.85. The van der Waals surface area contributed by atoms with E-state index in [1.165, 1.54) is 6.33 Å². The molecule has 31 heavy (non-hydrogen) atoms. The third-order valence-corrected chi connectivity index (χ3v) is 6.80. The molecule has 0 spiro atoms. The van der Waals surface area contributed by atoms with Crippen LogP contribution in [-0.4, -0.2) is 39.5 Å². The molecule has 4 aromatic rings. The Morgan fingerprint density at radius 3 is 2.61 bits per heavy atom. The summed E-state index contributed by atoms with van der Waals surface area (Å²) in [6.45, 7) is 1.72. The third-order valence-electron chi connectivity index (χ3n) is 5.36. The molecule has 0 saturated carbocycles. The first-order chi connectivity index (χ1) is 15.1. The molecule has 156 valence electrons. The Balaban J connectivity index is 1.65. The van der Waals surface area contributed by atoms with Crippen LogP contribution in [0.25, 0.3) is 33.4 Å². The van der Waals surface area contributed by atoms with Crippen LogP contribution in [0.5, 0.6) is 0 Å². The van der Waals surface area contributed by atoms with Crippen molar-refractivity contribution in [3.63, 3.8) is 0 Å². The lowest BCUT2D eigenvalue weighted by Gasteiger charge is -2.28. The highest BCUT2D eigenvalue weighted by atomic mass is 79.9.